The van der Waals surface area contributed by atoms with Crippen molar-refractivity contribution in [3.05, 3.63) is 49.6 Å². The molecule has 0 atom stereocenters. The minimum Gasteiger partial charge on any atom is -0.508 e. The number of rotatable bonds is 7. The van der Waals surface area contributed by atoms with Crippen LogP contribution in [0, 0.1) is 0 Å². The maximum Gasteiger partial charge on any atom is 0.325 e. The van der Waals surface area contributed by atoms with E-state index in [1.54, 1.807) is 12.2 Å². The number of carbonyl (C=O) groups excluding carboxylic acids is 1. The van der Waals surface area contributed by atoms with Crippen molar-refractivity contribution < 1.29 is 19.8 Å². The molecule has 0 aliphatic carbocycles. The van der Waals surface area contributed by atoms with E-state index in [0.717, 1.165) is 4.90 Å². The van der Waals surface area contributed by atoms with Crippen LogP contribution in [0.15, 0.2) is 49.6 Å². The van der Waals surface area contributed by atoms with Gasteiger partial charge < -0.3 is 15.1 Å². The number of aliphatic carboxylic acids is 1. The van der Waals surface area contributed by atoms with E-state index < -0.39 is 18.5 Å². The van der Waals surface area contributed by atoms with Gasteiger partial charge in [0.1, 0.15) is 12.3 Å². The Hall–Kier alpha value is -2.76. The molecule has 1 rings (SSSR count). The second kappa shape index (κ2) is 7.74. The summed E-state index contributed by atoms with van der Waals surface area (Å²) in [5.74, 6) is -1.09. The zero-order chi connectivity index (χ0) is 15.8. The van der Waals surface area contributed by atoms with E-state index in [1.807, 2.05) is 0 Å². The number of phenols is 1. The number of anilines is 1. The molecule has 2 amide bonds. The summed E-state index contributed by atoms with van der Waals surface area (Å²) in [6.45, 7) is 7.22. The van der Waals surface area contributed by atoms with Gasteiger partial charge in [-0.1, -0.05) is 12.2 Å². The number of carbonyl (C=O) groups is 2. The van der Waals surface area contributed by atoms with E-state index in [9.17, 15) is 14.7 Å². The molecular formula is C15H18N2O4. The van der Waals surface area contributed by atoms with Crippen LogP contribution >= 0.6 is 0 Å². The van der Waals surface area contributed by atoms with E-state index in [0.29, 0.717) is 5.69 Å². The maximum atomic E-state index is 12.5. The average molecular weight is 290 g/mol. The topological polar surface area (TPSA) is 81.1 Å². The molecule has 6 nitrogen and oxygen atoms in total. The molecule has 0 radical (unpaired) electrons. The van der Waals surface area contributed by atoms with Crippen molar-refractivity contribution in [2.24, 2.45) is 0 Å². The number of carboxylic acid groups (broad SMARTS) is 1. The number of urea groups is 1. The van der Waals surface area contributed by atoms with E-state index in [1.165, 1.54) is 29.2 Å². The quantitative estimate of drug-likeness (QED) is 0.753. The van der Waals surface area contributed by atoms with Crippen molar-refractivity contribution >= 4 is 17.7 Å². The first-order valence-corrected chi connectivity index (χ1v) is 6.28. The van der Waals surface area contributed by atoms with Crippen LogP contribution < -0.4 is 4.90 Å². The lowest BCUT2D eigenvalue weighted by molar-refractivity contribution is -0.135. The van der Waals surface area contributed by atoms with Gasteiger partial charge in [-0.15, -0.1) is 13.2 Å². The Morgan fingerprint density at radius 1 is 1.10 bits per heavy atom. The highest BCUT2D eigenvalue weighted by molar-refractivity contribution is 5.96. The van der Waals surface area contributed by atoms with Gasteiger partial charge in [0.2, 0.25) is 0 Å². The summed E-state index contributed by atoms with van der Waals surface area (Å²) >= 11 is 0. The molecule has 0 unspecified atom stereocenters. The lowest BCUT2D eigenvalue weighted by Gasteiger charge is -2.28. The number of benzene rings is 1. The van der Waals surface area contributed by atoms with Gasteiger partial charge in [-0.25, -0.2) is 4.79 Å². The molecular weight excluding hydrogens is 272 g/mol. The fourth-order valence-corrected chi connectivity index (χ4v) is 1.75. The molecule has 2 N–H and O–H groups in total. The Morgan fingerprint density at radius 3 is 2.05 bits per heavy atom. The third-order valence-electron chi connectivity index (χ3n) is 2.66. The number of carboxylic acids is 1. The number of phenolic OH excluding ortho intramolecular Hbond substituents is 1. The predicted octanol–water partition coefficient (Wildman–Crippen LogP) is 2.08. The summed E-state index contributed by atoms with van der Waals surface area (Å²) in [6, 6.07) is 5.28. The Kier molecular flexibility index (Phi) is 6.00. The highest BCUT2D eigenvalue weighted by atomic mass is 16.4. The van der Waals surface area contributed by atoms with Gasteiger partial charge in [0.25, 0.3) is 0 Å². The van der Waals surface area contributed by atoms with Crippen molar-refractivity contribution in [2.45, 2.75) is 0 Å². The highest BCUT2D eigenvalue weighted by Gasteiger charge is 2.23. The number of nitrogens with zero attached hydrogens (tertiary/aromatic N) is 2. The van der Waals surface area contributed by atoms with Crippen LogP contribution in [0.5, 0.6) is 5.75 Å². The van der Waals surface area contributed by atoms with Gasteiger partial charge in [0, 0.05) is 18.8 Å². The predicted molar refractivity (Wildman–Crippen MR) is 80.5 cm³/mol. The summed E-state index contributed by atoms with van der Waals surface area (Å²) in [7, 11) is 0. The van der Waals surface area contributed by atoms with E-state index >= 15 is 0 Å². The third kappa shape index (κ3) is 4.68. The molecule has 0 aliphatic heterocycles. The van der Waals surface area contributed by atoms with Gasteiger partial charge in [-0.05, 0) is 24.3 Å². The zero-order valence-electron chi connectivity index (χ0n) is 11.6. The number of aromatic hydroxyl groups is 1. The van der Waals surface area contributed by atoms with E-state index in [2.05, 4.69) is 13.2 Å². The minimum absolute atomic E-state index is 0.0375. The molecule has 21 heavy (non-hydrogen) atoms. The fourth-order valence-electron chi connectivity index (χ4n) is 1.75. The normalized spacial score (nSPS) is 9.71. The summed E-state index contributed by atoms with van der Waals surface area (Å²) in [6.07, 6.45) is 3.11. The molecule has 0 heterocycles. The van der Waals surface area contributed by atoms with Crippen LogP contribution in [-0.2, 0) is 4.79 Å². The Bertz CT molecular complexity index is 515. The molecule has 0 aromatic heterocycles. The highest BCUT2D eigenvalue weighted by Crippen LogP contribution is 2.19. The molecule has 0 saturated heterocycles. The second-order valence-electron chi connectivity index (χ2n) is 4.26. The molecule has 0 fully saturated rings. The van der Waals surface area contributed by atoms with Crippen LogP contribution in [0.3, 0.4) is 0 Å². The van der Waals surface area contributed by atoms with Gasteiger partial charge in [0.15, 0.2) is 0 Å². The van der Waals surface area contributed by atoms with Crippen LogP contribution in [-0.4, -0.2) is 46.7 Å². The smallest absolute Gasteiger partial charge is 0.325 e. The van der Waals surface area contributed by atoms with Crippen molar-refractivity contribution in [2.75, 3.05) is 24.5 Å². The van der Waals surface area contributed by atoms with Crippen LogP contribution in [0.25, 0.3) is 0 Å². The molecule has 1 aromatic rings. The molecule has 0 spiro atoms. The van der Waals surface area contributed by atoms with Gasteiger partial charge in [0.05, 0.1) is 0 Å². The first-order chi connectivity index (χ1) is 9.99. The summed E-state index contributed by atoms with van der Waals surface area (Å²) < 4.78 is 0. The molecule has 0 aliphatic rings. The summed E-state index contributed by atoms with van der Waals surface area (Å²) in [5.41, 5.74) is 0.387. The molecule has 6 heteroatoms. The third-order valence-corrected chi connectivity index (χ3v) is 2.66. The SMILES string of the molecule is C=CCN(CC=C)C(=O)N(CC(=O)O)c1ccc(O)cc1. The first kappa shape index (κ1) is 16.3. The maximum absolute atomic E-state index is 12.5. The lowest BCUT2D eigenvalue weighted by Crippen LogP contribution is -2.45. The fraction of sp³-hybridized carbons (Fsp3) is 0.200. The van der Waals surface area contributed by atoms with E-state index in [4.69, 9.17) is 5.11 Å². The Morgan fingerprint density at radius 2 is 1.62 bits per heavy atom. The van der Waals surface area contributed by atoms with Crippen LogP contribution in [0.1, 0.15) is 0 Å². The van der Waals surface area contributed by atoms with Gasteiger partial charge in [-0.2, -0.15) is 0 Å². The molecule has 112 valence electrons. The monoisotopic (exact) mass is 290 g/mol. The van der Waals surface area contributed by atoms with Crippen molar-refractivity contribution in [3.63, 3.8) is 0 Å². The average Bonchev–Trinajstić information content (AvgIpc) is 2.45. The van der Waals surface area contributed by atoms with Crippen molar-refractivity contribution in [1.82, 2.24) is 4.90 Å². The van der Waals surface area contributed by atoms with Crippen LogP contribution in [0.2, 0.25) is 0 Å². The Balaban J connectivity index is 3.07. The first-order valence-electron chi connectivity index (χ1n) is 6.28. The minimum atomic E-state index is -1.13. The van der Waals surface area contributed by atoms with Crippen molar-refractivity contribution in [1.29, 1.82) is 0 Å². The molecule has 0 bridgehead atoms. The number of amides is 2. The summed E-state index contributed by atoms with van der Waals surface area (Å²) in [4.78, 5) is 26.0. The van der Waals surface area contributed by atoms with Crippen LogP contribution in [0.4, 0.5) is 10.5 Å². The van der Waals surface area contributed by atoms with Crippen molar-refractivity contribution in [3.8, 4) is 5.75 Å². The second-order valence-corrected chi connectivity index (χ2v) is 4.26. The number of hydrogen-bond donors (Lipinski definition) is 2. The van der Waals surface area contributed by atoms with Gasteiger partial charge >= 0.3 is 12.0 Å². The Labute approximate surface area is 123 Å². The summed E-state index contributed by atoms with van der Waals surface area (Å²) in [5, 5.41) is 18.3. The standard InChI is InChI=1S/C15H18N2O4/c1-3-9-16(10-4-2)15(21)17(11-14(19)20)12-5-7-13(18)8-6-12/h3-8,18H,1-2,9-11H2,(H,19,20). The lowest BCUT2D eigenvalue weighted by atomic mass is 10.2. The number of hydrogen-bond acceptors (Lipinski definition) is 3. The zero-order valence-corrected chi connectivity index (χ0v) is 11.6. The van der Waals surface area contributed by atoms with E-state index in [-0.39, 0.29) is 18.8 Å². The van der Waals surface area contributed by atoms with Gasteiger partial charge in [-0.3, -0.25) is 9.69 Å². The molecule has 0 saturated carbocycles. The largest absolute Gasteiger partial charge is 0.508 e. The molecule has 1 aromatic carbocycles.